The van der Waals surface area contributed by atoms with Gasteiger partial charge in [0.15, 0.2) is 0 Å². The molecule has 7 nitrogen and oxygen atoms in total. The standard InChI is InChI=1S/C29H37N3S.C2H2O4/c30-28(23-8-2-1-3-9-23)26(27-13-4-5-17-31-27)15-20-32-18-7-11-22(14-19-32)25-12-6-10-24-16-21-33-29(24)25;3-1(4)2(5)6/h4-6,10,12-14,16-17,21,23,26,28H,1-3,7-9,11,15,18-20,30H2;(H,3,4)(H,5,6). The fraction of sp³-hybridized carbons (Fsp3) is 0.452. The zero-order valence-corrected chi connectivity index (χ0v) is 23.2. The van der Waals surface area contributed by atoms with Crippen molar-refractivity contribution in [3.05, 3.63) is 71.4 Å². The van der Waals surface area contributed by atoms with E-state index in [2.05, 4.69) is 52.8 Å². The fourth-order valence-corrected chi connectivity index (χ4v) is 6.87. The molecule has 0 spiro atoms. The summed E-state index contributed by atoms with van der Waals surface area (Å²) in [5.41, 5.74) is 11.1. The first kappa shape index (κ1) is 28.9. The highest BCUT2D eigenvalue weighted by Gasteiger charge is 2.30. The Morgan fingerprint density at radius 1 is 1.03 bits per heavy atom. The fourth-order valence-electron chi connectivity index (χ4n) is 5.92. The zero-order valence-electron chi connectivity index (χ0n) is 22.4. The quantitative estimate of drug-likeness (QED) is 0.309. The van der Waals surface area contributed by atoms with Crippen molar-refractivity contribution in [1.29, 1.82) is 0 Å². The molecular weight excluding hydrogens is 510 g/mol. The van der Waals surface area contributed by atoms with E-state index >= 15 is 0 Å². The van der Waals surface area contributed by atoms with Crippen LogP contribution in [0.2, 0.25) is 0 Å². The van der Waals surface area contributed by atoms with Gasteiger partial charge < -0.3 is 15.9 Å². The summed E-state index contributed by atoms with van der Waals surface area (Å²) in [5.74, 6) is -2.65. The molecule has 1 fully saturated rings. The second kappa shape index (κ2) is 14.4. The molecule has 2 atom stereocenters. The molecule has 2 unspecified atom stereocenters. The minimum atomic E-state index is -1.82. The average molecular weight is 550 g/mol. The molecule has 1 aliphatic carbocycles. The van der Waals surface area contributed by atoms with Crippen LogP contribution < -0.4 is 5.73 Å². The van der Waals surface area contributed by atoms with Crippen molar-refractivity contribution in [2.75, 3.05) is 19.6 Å². The van der Waals surface area contributed by atoms with Gasteiger partial charge in [0.2, 0.25) is 0 Å². The summed E-state index contributed by atoms with van der Waals surface area (Å²) in [4.78, 5) is 25.6. The Morgan fingerprint density at radius 2 is 1.82 bits per heavy atom. The largest absolute Gasteiger partial charge is 0.473 e. The Kier molecular flexibility index (Phi) is 10.6. The van der Waals surface area contributed by atoms with Crippen molar-refractivity contribution < 1.29 is 19.8 Å². The molecule has 208 valence electrons. The highest BCUT2D eigenvalue weighted by atomic mass is 32.1. The van der Waals surface area contributed by atoms with Crippen molar-refractivity contribution in [3.8, 4) is 0 Å². The van der Waals surface area contributed by atoms with Gasteiger partial charge in [0.1, 0.15) is 0 Å². The van der Waals surface area contributed by atoms with Crippen molar-refractivity contribution in [2.45, 2.75) is 63.3 Å². The van der Waals surface area contributed by atoms with E-state index in [0.29, 0.717) is 11.8 Å². The topological polar surface area (TPSA) is 117 Å². The van der Waals surface area contributed by atoms with Gasteiger partial charge in [0.25, 0.3) is 0 Å². The number of carbonyl (C=O) groups is 2. The first-order valence-electron chi connectivity index (χ1n) is 13.9. The number of allylic oxidation sites excluding steroid dienone is 1. The number of benzene rings is 1. The van der Waals surface area contributed by atoms with Gasteiger partial charge in [0, 0.05) is 35.1 Å². The molecular formula is C31H39N3O4S. The van der Waals surface area contributed by atoms with E-state index in [0.717, 1.165) is 26.1 Å². The van der Waals surface area contributed by atoms with Gasteiger partial charge in [-0.15, -0.1) is 11.3 Å². The van der Waals surface area contributed by atoms with Gasteiger partial charge >= 0.3 is 11.9 Å². The van der Waals surface area contributed by atoms with E-state index in [9.17, 15) is 0 Å². The maximum absolute atomic E-state index is 9.10. The van der Waals surface area contributed by atoms with Crippen molar-refractivity contribution in [2.24, 2.45) is 11.7 Å². The summed E-state index contributed by atoms with van der Waals surface area (Å²) < 4.78 is 1.44. The van der Waals surface area contributed by atoms with E-state index in [1.54, 1.807) is 0 Å². The molecule has 3 aromatic rings. The molecule has 39 heavy (non-hydrogen) atoms. The normalized spacial score (nSPS) is 18.3. The molecule has 4 N–H and O–H groups in total. The minimum Gasteiger partial charge on any atom is -0.473 e. The second-order valence-corrected chi connectivity index (χ2v) is 11.4. The number of nitrogens with zero attached hydrogens (tertiary/aromatic N) is 2. The molecule has 8 heteroatoms. The smallest absolute Gasteiger partial charge is 0.414 e. The number of carboxylic acids is 2. The summed E-state index contributed by atoms with van der Waals surface area (Å²) in [6, 6.07) is 15.5. The third-order valence-electron chi connectivity index (χ3n) is 8.01. The van der Waals surface area contributed by atoms with Gasteiger partial charge in [0.05, 0.1) is 0 Å². The lowest BCUT2D eigenvalue weighted by atomic mass is 9.77. The van der Waals surface area contributed by atoms with Gasteiger partial charge in [-0.25, -0.2) is 9.59 Å². The molecule has 1 aliphatic heterocycles. The molecule has 1 saturated carbocycles. The average Bonchev–Trinajstić information content (AvgIpc) is 3.33. The summed E-state index contributed by atoms with van der Waals surface area (Å²) in [5, 5.41) is 18.4. The van der Waals surface area contributed by atoms with Crippen LogP contribution in [0.4, 0.5) is 0 Å². The SMILES string of the molecule is NC(C1CCCCC1)C(CCN1CC=C(c2cccc3ccsc23)CCC1)c1ccccn1.O=C(O)C(=O)O. The molecule has 2 aromatic heterocycles. The van der Waals surface area contributed by atoms with Crippen molar-refractivity contribution in [1.82, 2.24) is 9.88 Å². The van der Waals surface area contributed by atoms with Gasteiger partial charge in [-0.05, 0) is 91.2 Å². The molecule has 0 saturated heterocycles. The number of pyridine rings is 1. The lowest BCUT2D eigenvalue weighted by molar-refractivity contribution is -0.159. The highest BCUT2D eigenvalue weighted by Crippen LogP contribution is 2.35. The summed E-state index contributed by atoms with van der Waals surface area (Å²) in [7, 11) is 0. The van der Waals surface area contributed by atoms with Crippen LogP contribution in [-0.4, -0.2) is 57.7 Å². The first-order valence-corrected chi connectivity index (χ1v) is 14.8. The van der Waals surface area contributed by atoms with E-state index in [1.165, 1.54) is 71.9 Å². The highest BCUT2D eigenvalue weighted by molar-refractivity contribution is 7.17. The first-order chi connectivity index (χ1) is 18.9. The van der Waals surface area contributed by atoms with Crippen LogP contribution in [0.25, 0.3) is 15.7 Å². The zero-order chi connectivity index (χ0) is 27.6. The van der Waals surface area contributed by atoms with E-state index < -0.39 is 11.9 Å². The Hall–Kier alpha value is -3.07. The minimum absolute atomic E-state index is 0.217. The molecule has 0 radical (unpaired) electrons. The maximum Gasteiger partial charge on any atom is 0.414 e. The Morgan fingerprint density at radius 3 is 2.54 bits per heavy atom. The second-order valence-electron chi connectivity index (χ2n) is 10.5. The number of fused-ring (bicyclic) bond motifs is 1. The number of carboxylic acid groups (broad SMARTS) is 2. The number of thiophene rings is 1. The predicted octanol–water partition coefficient (Wildman–Crippen LogP) is 6.01. The van der Waals surface area contributed by atoms with Crippen molar-refractivity contribution in [3.63, 3.8) is 0 Å². The maximum atomic E-state index is 9.10. The number of aliphatic carboxylic acids is 2. The van der Waals surface area contributed by atoms with Crippen LogP contribution in [0.3, 0.4) is 0 Å². The monoisotopic (exact) mass is 549 g/mol. The number of nitrogens with two attached hydrogens (primary N) is 1. The van der Waals surface area contributed by atoms with Crippen LogP contribution in [0.5, 0.6) is 0 Å². The third-order valence-corrected chi connectivity index (χ3v) is 8.97. The molecule has 1 aromatic carbocycles. The lowest BCUT2D eigenvalue weighted by Gasteiger charge is -2.34. The van der Waals surface area contributed by atoms with Gasteiger partial charge in [-0.1, -0.05) is 49.6 Å². The molecule has 0 bridgehead atoms. The molecule has 3 heterocycles. The van der Waals surface area contributed by atoms with Crippen LogP contribution >= 0.6 is 11.3 Å². The Balaban J connectivity index is 0.000000531. The number of aromatic nitrogens is 1. The number of rotatable bonds is 7. The lowest BCUT2D eigenvalue weighted by Crippen LogP contribution is -2.39. The summed E-state index contributed by atoms with van der Waals surface area (Å²) in [6.07, 6.45) is 14.5. The summed E-state index contributed by atoms with van der Waals surface area (Å²) >= 11 is 1.87. The van der Waals surface area contributed by atoms with Crippen LogP contribution in [-0.2, 0) is 9.59 Å². The van der Waals surface area contributed by atoms with Gasteiger partial charge in [-0.2, -0.15) is 0 Å². The van der Waals surface area contributed by atoms with Crippen LogP contribution in [0.1, 0.15) is 68.5 Å². The number of hydrogen-bond acceptors (Lipinski definition) is 6. The van der Waals surface area contributed by atoms with Crippen LogP contribution in [0, 0.1) is 5.92 Å². The Bertz CT molecular complexity index is 1240. The van der Waals surface area contributed by atoms with E-state index in [-0.39, 0.29) is 6.04 Å². The molecule has 0 amide bonds. The van der Waals surface area contributed by atoms with Crippen LogP contribution in [0.15, 0.2) is 60.1 Å². The van der Waals surface area contributed by atoms with Crippen molar-refractivity contribution >= 4 is 38.9 Å². The van der Waals surface area contributed by atoms with Gasteiger partial charge in [-0.3, -0.25) is 9.88 Å². The molecule has 2 aliphatic rings. The van der Waals surface area contributed by atoms with E-state index in [1.807, 2.05) is 23.6 Å². The predicted molar refractivity (Wildman–Crippen MR) is 157 cm³/mol. The third kappa shape index (κ3) is 7.97. The van der Waals surface area contributed by atoms with E-state index in [4.69, 9.17) is 30.5 Å². The summed E-state index contributed by atoms with van der Waals surface area (Å²) in [6.45, 7) is 3.29. The molecule has 5 rings (SSSR count). The Labute approximate surface area is 234 Å². The number of hydrogen-bond donors (Lipinski definition) is 3.